The molecule has 0 radical (unpaired) electrons. The average molecular weight is 243 g/mol. The standard InChI is InChI=1S/C12H25N3O2/c1-14(2)9-10-5-4-6-15(10)12(16)7-11(8-13)17-3/h10-11H,4-9,13H2,1-3H3. The van der Waals surface area contributed by atoms with Crippen molar-refractivity contribution in [3.63, 3.8) is 0 Å². The topological polar surface area (TPSA) is 58.8 Å². The van der Waals surface area contributed by atoms with Crippen molar-refractivity contribution in [3.8, 4) is 0 Å². The summed E-state index contributed by atoms with van der Waals surface area (Å²) in [6, 6.07) is 0.354. The SMILES string of the molecule is COC(CN)CC(=O)N1CCCC1CN(C)C. The highest BCUT2D eigenvalue weighted by Gasteiger charge is 2.29. The van der Waals surface area contributed by atoms with Crippen molar-refractivity contribution in [1.29, 1.82) is 0 Å². The van der Waals surface area contributed by atoms with Crippen LogP contribution in [-0.2, 0) is 9.53 Å². The number of methoxy groups -OCH3 is 1. The van der Waals surface area contributed by atoms with Gasteiger partial charge in [0, 0.05) is 32.8 Å². The first-order chi connectivity index (χ1) is 8.08. The van der Waals surface area contributed by atoms with E-state index in [9.17, 15) is 4.79 Å². The van der Waals surface area contributed by atoms with Crippen LogP contribution in [0, 0.1) is 0 Å². The third kappa shape index (κ3) is 4.26. The largest absolute Gasteiger partial charge is 0.380 e. The van der Waals surface area contributed by atoms with Crippen molar-refractivity contribution in [2.45, 2.75) is 31.4 Å². The van der Waals surface area contributed by atoms with E-state index in [0.717, 1.165) is 25.9 Å². The number of ether oxygens (including phenoxy) is 1. The molecule has 5 nitrogen and oxygen atoms in total. The van der Waals surface area contributed by atoms with Crippen LogP contribution in [0.1, 0.15) is 19.3 Å². The molecule has 100 valence electrons. The minimum Gasteiger partial charge on any atom is -0.380 e. The molecule has 0 aromatic carbocycles. The van der Waals surface area contributed by atoms with E-state index in [-0.39, 0.29) is 12.0 Å². The first kappa shape index (κ1) is 14.4. The molecular weight excluding hydrogens is 218 g/mol. The summed E-state index contributed by atoms with van der Waals surface area (Å²) in [5.74, 6) is 0.173. The van der Waals surface area contributed by atoms with Crippen LogP contribution in [-0.4, -0.2) is 68.7 Å². The highest BCUT2D eigenvalue weighted by Crippen LogP contribution is 2.19. The van der Waals surface area contributed by atoms with Crippen LogP contribution in [0.2, 0.25) is 0 Å². The summed E-state index contributed by atoms with van der Waals surface area (Å²) in [6.07, 6.45) is 2.45. The van der Waals surface area contributed by atoms with Gasteiger partial charge in [-0.3, -0.25) is 4.79 Å². The maximum absolute atomic E-state index is 12.1. The van der Waals surface area contributed by atoms with Crippen molar-refractivity contribution in [3.05, 3.63) is 0 Å². The van der Waals surface area contributed by atoms with E-state index in [1.165, 1.54) is 0 Å². The number of nitrogens with two attached hydrogens (primary N) is 1. The van der Waals surface area contributed by atoms with Crippen molar-refractivity contribution in [1.82, 2.24) is 9.80 Å². The smallest absolute Gasteiger partial charge is 0.225 e. The van der Waals surface area contributed by atoms with E-state index in [2.05, 4.69) is 4.90 Å². The molecule has 5 heteroatoms. The number of nitrogens with zero attached hydrogens (tertiary/aromatic N) is 2. The van der Waals surface area contributed by atoms with Gasteiger partial charge in [-0.2, -0.15) is 0 Å². The molecule has 1 aliphatic rings. The predicted octanol–water partition coefficient (Wildman–Crippen LogP) is -0.0972. The molecule has 1 saturated heterocycles. The average Bonchev–Trinajstić information content (AvgIpc) is 2.72. The molecule has 17 heavy (non-hydrogen) atoms. The van der Waals surface area contributed by atoms with E-state index in [1.807, 2.05) is 19.0 Å². The van der Waals surface area contributed by atoms with Crippen molar-refractivity contribution in [2.24, 2.45) is 5.73 Å². The van der Waals surface area contributed by atoms with Gasteiger partial charge in [0.15, 0.2) is 0 Å². The van der Waals surface area contributed by atoms with Crippen LogP contribution in [0.5, 0.6) is 0 Å². The number of likely N-dealkylation sites (N-methyl/N-ethyl adjacent to an activating group) is 1. The summed E-state index contributed by atoms with van der Waals surface area (Å²) in [5, 5.41) is 0. The van der Waals surface area contributed by atoms with E-state index in [1.54, 1.807) is 7.11 Å². The molecule has 1 rings (SSSR count). The Bertz CT molecular complexity index is 242. The molecule has 0 aliphatic carbocycles. The van der Waals surface area contributed by atoms with Crippen LogP contribution in [0.15, 0.2) is 0 Å². The Morgan fingerprint density at radius 2 is 2.29 bits per heavy atom. The second-order valence-electron chi connectivity index (χ2n) is 4.94. The van der Waals surface area contributed by atoms with E-state index < -0.39 is 0 Å². The third-order valence-electron chi connectivity index (χ3n) is 3.27. The number of amides is 1. The first-order valence-electron chi connectivity index (χ1n) is 6.25. The monoisotopic (exact) mass is 243 g/mol. The van der Waals surface area contributed by atoms with Crippen LogP contribution >= 0.6 is 0 Å². The quantitative estimate of drug-likeness (QED) is 0.708. The lowest BCUT2D eigenvalue weighted by Gasteiger charge is -2.28. The molecule has 0 saturated carbocycles. The molecule has 0 bridgehead atoms. The number of carbonyl (C=O) groups is 1. The minimum atomic E-state index is -0.150. The second-order valence-corrected chi connectivity index (χ2v) is 4.94. The van der Waals surface area contributed by atoms with E-state index in [0.29, 0.717) is 19.0 Å². The number of likely N-dealkylation sites (tertiary alicyclic amines) is 1. The highest BCUT2D eigenvalue weighted by molar-refractivity contribution is 5.77. The Kier molecular flexibility index (Phi) is 5.88. The minimum absolute atomic E-state index is 0.150. The Balaban J connectivity index is 2.49. The molecule has 0 aromatic heterocycles. The summed E-state index contributed by atoms with van der Waals surface area (Å²) in [6.45, 7) is 2.21. The highest BCUT2D eigenvalue weighted by atomic mass is 16.5. The summed E-state index contributed by atoms with van der Waals surface area (Å²) in [5.41, 5.74) is 5.54. The Morgan fingerprint density at radius 3 is 2.82 bits per heavy atom. The van der Waals surface area contributed by atoms with Crippen LogP contribution in [0.25, 0.3) is 0 Å². The fourth-order valence-electron chi connectivity index (χ4n) is 2.35. The van der Waals surface area contributed by atoms with Gasteiger partial charge in [0.05, 0.1) is 12.5 Å². The molecule has 2 atom stereocenters. The maximum atomic E-state index is 12.1. The van der Waals surface area contributed by atoms with Crippen LogP contribution < -0.4 is 5.73 Å². The Labute approximate surface area is 104 Å². The summed E-state index contributed by atoms with van der Waals surface area (Å²) in [7, 11) is 5.68. The van der Waals surface area contributed by atoms with Gasteiger partial charge in [-0.05, 0) is 26.9 Å². The number of rotatable bonds is 6. The molecule has 2 N–H and O–H groups in total. The first-order valence-corrected chi connectivity index (χ1v) is 6.25. The fraction of sp³-hybridized carbons (Fsp3) is 0.917. The summed E-state index contributed by atoms with van der Waals surface area (Å²) >= 11 is 0. The van der Waals surface area contributed by atoms with Gasteiger partial charge < -0.3 is 20.3 Å². The lowest BCUT2D eigenvalue weighted by molar-refractivity contribution is -0.134. The van der Waals surface area contributed by atoms with Gasteiger partial charge in [0.25, 0.3) is 0 Å². The van der Waals surface area contributed by atoms with Gasteiger partial charge in [0.1, 0.15) is 0 Å². The molecule has 0 spiro atoms. The lowest BCUT2D eigenvalue weighted by Crippen LogP contribution is -2.43. The molecular formula is C12H25N3O2. The van der Waals surface area contributed by atoms with Crippen molar-refractivity contribution < 1.29 is 9.53 Å². The summed E-state index contributed by atoms with van der Waals surface area (Å²) in [4.78, 5) is 16.3. The van der Waals surface area contributed by atoms with Gasteiger partial charge >= 0.3 is 0 Å². The zero-order chi connectivity index (χ0) is 12.8. The Morgan fingerprint density at radius 1 is 1.59 bits per heavy atom. The molecule has 1 amide bonds. The van der Waals surface area contributed by atoms with E-state index in [4.69, 9.17) is 10.5 Å². The maximum Gasteiger partial charge on any atom is 0.225 e. The molecule has 1 fully saturated rings. The van der Waals surface area contributed by atoms with Crippen molar-refractivity contribution in [2.75, 3.05) is 40.8 Å². The second kappa shape index (κ2) is 6.93. The number of carbonyl (C=O) groups excluding carboxylic acids is 1. The zero-order valence-electron chi connectivity index (χ0n) is 11.2. The van der Waals surface area contributed by atoms with Crippen molar-refractivity contribution >= 4 is 5.91 Å². The Hall–Kier alpha value is -0.650. The van der Waals surface area contributed by atoms with Crippen LogP contribution in [0.3, 0.4) is 0 Å². The van der Waals surface area contributed by atoms with Gasteiger partial charge in [-0.1, -0.05) is 0 Å². The molecule has 1 aliphatic heterocycles. The van der Waals surface area contributed by atoms with Crippen LogP contribution in [0.4, 0.5) is 0 Å². The zero-order valence-corrected chi connectivity index (χ0v) is 11.2. The van der Waals surface area contributed by atoms with Gasteiger partial charge in [-0.25, -0.2) is 0 Å². The summed E-state index contributed by atoms with van der Waals surface area (Å²) < 4.78 is 5.16. The molecule has 2 unspecified atom stereocenters. The van der Waals surface area contributed by atoms with E-state index >= 15 is 0 Å². The molecule has 1 heterocycles. The number of hydrogen-bond donors (Lipinski definition) is 1. The van der Waals surface area contributed by atoms with Gasteiger partial charge in [-0.15, -0.1) is 0 Å². The van der Waals surface area contributed by atoms with Gasteiger partial charge in [0.2, 0.25) is 5.91 Å². The number of hydrogen-bond acceptors (Lipinski definition) is 4. The molecule has 0 aromatic rings. The third-order valence-corrected chi connectivity index (χ3v) is 3.27. The lowest BCUT2D eigenvalue weighted by atomic mass is 10.2. The fourth-order valence-corrected chi connectivity index (χ4v) is 2.35. The normalized spacial score (nSPS) is 22.2. The predicted molar refractivity (Wildman–Crippen MR) is 67.8 cm³/mol.